The average Bonchev–Trinajstić information content (AvgIpc) is 2.98. The Balaban J connectivity index is 1.94. The number of benzene rings is 1. The Hall–Kier alpha value is -2.13. The lowest BCUT2D eigenvalue weighted by atomic mass is 10.2. The van der Waals surface area contributed by atoms with E-state index in [-0.39, 0.29) is 21.3 Å². The number of rotatable bonds is 5. The maximum atomic E-state index is 13.3. The largest absolute Gasteiger partial charge is 0.406 e. The van der Waals surface area contributed by atoms with E-state index < -0.39 is 18.5 Å². The molecular weight excluding hydrogens is 404 g/mol. The molecule has 0 aliphatic carbocycles. The molecule has 3 rings (SSSR count). The van der Waals surface area contributed by atoms with Crippen LogP contribution in [0.15, 0.2) is 47.9 Å². The second-order valence-electron chi connectivity index (χ2n) is 5.68. The topological polar surface area (TPSA) is 43.6 Å². The van der Waals surface area contributed by atoms with Crippen molar-refractivity contribution in [2.45, 2.75) is 30.1 Å². The van der Waals surface area contributed by atoms with E-state index >= 15 is 0 Å². The first-order valence-corrected chi connectivity index (χ1v) is 9.02. The van der Waals surface area contributed by atoms with Gasteiger partial charge in [-0.25, -0.2) is 4.39 Å². The summed E-state index contributed by atoms with van der Waals surface area (Å²) in [5, 5.41) is 7.60. The van der Waals surface area contributed by atoms with Crippen molar-refractivity contribution < 1.29 is 17.6 Å². The molecule has 2 heterocycles. The second kappa shape index (κ2) is 7.85. The molecule has 1 atom stereocenters. The van der Waals surface area contributed by atoms with Crippen LogP contribution in [0.3, 0.4) is 0 Å². The molecule has 0 spiro atoms. The van der Waals surface area contributed by atoms with Crippen LogP contribution in [0.25, 0.3) is 11.4 Å². The highest BCUT2D eigenvalue weighted by molar-refractivity contribution is 7.99. The molecule has 142 valence electrons. The van der Waals surface area contributed by atoms with E-state index in [0.717, 1.165) is 16.3 Å². The van der Waals surface area contributed by atoms with Crippen LogP contribution < -0.4 is 0 Å². The normalized spacial score (nSPS) is 13.0. The van der Waals surface area contributed by atoms with Crippen molar-refractivity contribution in [2.75, 3.05) is 0 Å². The predicted molar refractivity (Wildman–Crippen MR) is 95.0 cm³/mol. The van der Waals surface area contributed by atoms with E-state index in [9.17, 15) is 17.6 Å². The lowest BCUT2D eigenvalue weighted by Crippen LogP contribution is -2.19. The third kappa shape index (κ3) is 4.78. The minimum atomic E-state index is -4.44. The van der Waals surface area contributed by atoms with Crippen molar-refractivity contribution in [1.29, 1.82) is 0 Å². The first-order chi connectivity index (χ1) is 12.7. The summed E-state index contributed by atoms with van der Waals surface area (Å²) in [4.78, 5) is 3.86. The summed E-state index contributed by atoms with van der Waals surface area (Å²) >= 11 is 6.88. The third-order valence-electron chi connectivity index (χ3n) is 3.69. The van der Waals surface area contributed by atoms with Crippen LogP contribution in [-0.2, 0) is 6.54 Å². The number of nitrogens with zero attached hydrogens (tertiary/aromatic N) is 4. The van der Waals surface area contributed by atoms with Crippen LogP contribution in [0.1, 0.15) is 17.7 Å². The van der Waals surface area contributed by atoms with Gasteiger partial charge in [-0.15, -0.1) is 10.2 Å². The zero-order chi connectivity index (χ0) is 19.6. The molecule has 3 aromatic rings. The minimum Gasteiger partial charge on any atom is -0.293 e. The Kier molecular flexibility index (Phi) is 5.71. The summed E-state index contributed by atoms with van der Waals surface area (Å²) in [7, 11) is 0. The molecule has 0 saturated heterocycles. The quantitative estimate of drug-likeness (QED) is 0.404. The Morgan fingerprint density at radius 2 is 1.85 bits per heavy atom. The third-order valence-corrected chi connectivity index (χ3v) is 5.12. The first-order valence-electron chi connectivity index (χ1n) is 7.76. The molecule has 27 heavy (non-hydrogen) atoms. The van der Waals surface area contributed by atoms with Crippen LogP contribution in [0.2, 0.25) is 5.02 Å². The highest BCUT2D eigenvalue weighted by Gasteiger charge is 2.32. The van der Waals surface area contributed by atoms with E-state index in [2.05, 4.69) is 15.2 Å². The average molecular weight is 417 g/mol. The van der Waals surface area contributed by atoms with Gasteiger partial charge >= 0.3 is 6.18 Å². The molecule has 4 nitrogen and oxygen atoms in total. The van der Waals surface area contributed by atoms with Crippen molar-refractivity contribution in [1.82, 2.24) is 19.7 Å². The molecule has 0 radical (unpaired) electrons. The molecule has 0 saturated carbocycles. The van der Waals surface area contributed by atoms with Gasteiger partial charge in [-0.1, -0.05) is 29.4 Å². The minimum absolute atomic E-state index is 0.0471. The monoisotopic (exact) mass is 416 g/mol. The van der Waals surface area contributed by atoms with Gasteiger partial charge < -0.3 is 0 Å². The Labute approximate surface area is 161 Å². The van der Waals surface area contributed by atoms with Crippen molar-refractivity contribution in [3.63, 3.8) is 0 Å². The number of halogens is 5. The maximum Gasteiger partial charge on any atom is 0.406 e. The zero-order valence-corrected chi connectivity index (χ0v) is 15.5. The summed E-state index contributed by atoms with van der Waals surface area (Å²) in [5.41, 5.74) is 1.14. The molecule has 0 fully saturated rings. The van der Waals surface area contributed by atoms with Crippen LogP contribution in [0, 0.1) is 5.82 Å². The molecule has 10 heteroatoms. The molecule has 2 aromatic heterocycles. The summed E-state index contributed by atoms with van der Waals surface area (Å²) in [6, 6.07) is 7.33. The fourth-order valence-corrected chi connectivity index (χ4v) is 3.56. The number of alkyl halides is 3. The van der Waals surface area contributed by atoms with Gasteiger partial charge in [0.25, 0.3) is 0 Å². The van der Waals surface area contributed by atoms with Crippen molar-refractivity contribution in [2.24, 2.45) is 0 Å². The van der Waals surface area contributed by atoms with Crippen LogP contribution in [0.4, 0.5) is 17.6 Å². The lowest BCUT2D eigenvalue weighted by Gasteiger charge is -2.15. The van der Waals surface area contributed by atoms with Crippen molar-refractivity contribution in [3.05, 3.63) is 59.1 Å². The van der Waals surface area contributed by atoms with Crippen LogP contribution >= 0.6 is 23.4 Å². The van der Waals surface area contributed by atoms with Gasteiger partial charge in [0.2, 0.25) is 0 Å². The Morgan fingerprint density at radius 1 is 1.15 bits per heavy atom. The van der Waals surface area contributed by atoms with Gasteiger partial charge in [-0.05, 0) is 36.8 Å². The van der Waals surface area contributed by atoms with E-state index in [1.54, 1.807) is 19.1 Å². The first kappa shape index (κ1) is 19.6. The Morgan fingerprint density at radius 3 is 2.48 bits per heavy atom. The summed E-state index contributed by atoms with van der Waals surface area (Å²) in [6.07, 6.45) is -1.50. The summed E-state index contributed by atoms with van der Waals surface area (Å²) in [5.74, 6) is -0.459. The zero-order valence-electron chi connectivity index (χ0n) is 13.9. The van der Waals surface area contributed by atoms with E-state index in [0.29, 0.717) is 11.1 Å². The second-order valence-corrected chi connectivity index (χ2v) is 7.39. The molecule has 0 N–H and O–H groups in total. The maximum absolute atomic E-state index is 13.3. The smallest absolute Gasteiger partial charge is 0.293 e. The van der Waals surface area contributed by atoms with Gasteiger partial charge in [0.1, 0.15) is 12.4 Å². The number of hydrogen-bond acceptors (Lipinski definition) is 4. The number of hydrogen-bond donors (Lipinski definition) is 0. The van der Waals surface area contributed by atoms with Gasteiger partial charge in [0.05, 0.1) is 5.02 Å². The van der Waals surface area contributed by atoms with Gasteiger partial charge in [-0.3, -0.25) is 9.55 Å². The molecular formula is C17H13ClF4N4S. The van der Waals surface area contributed by atoms with Crippen molar-refractivity contribution in [3.8, 4) is 11.4 Å². The lowest BCUT2D eigenvalue weighted by molar-refractivity contribution is -0.141. The number of pyridine rings is 1. The van der Waals surface area contributed by atoms with E-state index in [1.165, 1.54) is 30.6 Å². The highest BCUT2D eigenvalue weighted by Crippen LogP contribution is 2.37. The van der Waals surface area contributed by atoms with Gasteiger partial charge in [-0.2, -0.15) is 13.2 Å². The fraction of sp³-hybridized carbons (Fsp3) is 0.235. The Bertz CT molecular complexity index is 930. The molecule has 1 unspecified atom stereocenters. The van der Waals surface area contributed by atoms with Crippen LogP contribution in [0.5, 0.6) is 0 Å². The number of aromatic nitrogens is 4. The predicted octanol–water partition coefficient (Wildman–Crippen LogP) is 5.55. The molecule has 0 amide bonds. The van der Waals surface area contributed by atoms with Crippen molar-refractivity contribution >= 4 is 23.4 Å². The molecule has 0 aliphatic heterocycles. The van der Waals surface area contributed by atoms with E-state index in [4.69, 9.17) is 11.6 Å². The SMILES string of the molecule is CC(Sc1nnc(-c2ccncc2)n1CC(F)(F)F)c1ccc(F)c(Cl)c1. The van der Waals surface area contributed by atoms with Crippen LogP contribution in [-0.4, -0.2) is 25.9 Å². The summed E-state index contributed by atoms with van der Waals surface area (Å²) in [6.45, 7) is 0.545. The van der Waals surface area contributed by atoms with E-state index in [1.807, 2.05) is 0 Å². The molecule has 0 aliphatic rings. The van der Waals surface area contributed by atoms with Gasteiger partial charge in [0.15, 0.2) is 11.0 Å². The van der Waals surface area contributed by atoms with Gasteiger partial charge in [0, 0.05) is 23.2 Å². The summed E-state index contributed by atoms with van der Waals surface area (Å²) < 4.78 is 53.6. The molecule has 0 bridgehead atoms. The standard InChI is InChI=1S/C17H13ClF4N4S/c1-10(12-2-3-14(19)13(18)8-12)27-16-25-24-15(11-4-6-23-7-5-11)26(16)9-17(20,21)22/h2-8,10H,9H2,1H3. The molecule has 1 aromatic carbocycles. The fourth-order valence-electron chi connectivity index (χ4n) is 2.40. The number of thioether (sulfide) groups is 1. The highest BCUT2D eigenvalue weighted by atomic mass is 35.5.